The van der Waals surface area contributed by atoms with Crippen LogP contribution in [-0.4, -0.2) is 57.0 Å². The number of carbonyl (C=O) groups is 1. The Balaban J connectivity index is 1.10. The zero-order valence-electron chi connectivity index (χ0n) is 26.6. The van der Waals surface area contributed by atoms with Crippen molar-refractivity contribution in [2.75, 3.05) is 13.6 Å². The molecule has 0 radical (unpaired) electrons. The number of amides is 1. The molecular formula is C38H42N6O2. The molecule has 4 heterocycles. The predicted octanol–water partition coefficient (Wildman–Crippen LogP) is 6.24. The highest BCUT2D eigenvalue weighted by molar-refractivity contribution is 6.09. The van der Waals surface area contributed by atoms with Crippen molar-refractivity contribution in [3.63, 3.8) is 0 Å². The highest BCUT2D eigenvalue weighted by atomic mass is 16.3. The van der Waals surface area contributed by atoms with Crippen LogP contribution in [0.4, 0.5) is 0 Å². The highest BCUT2D eigenvalue weighted by Gasteiger charge is 2.44. The molecule has 4 aliphatic heterocycles. The summed E-state index contributed by atoms with van der Waals surface area (Å²) in [7, 11) is 2.18. The SMILES string of the molecule is CC/C=C(\C=C1/CC=CC(c2ccccc2)=N1)C1=C2C(N)=NC=CN2C(C2CCC(CN3C(=O)c4ccccc4C3O)CC2)N1C. The van der Waals surface area contributed by atoms with E-state index < -0.39 is 6.23 Å². The average Bonchev–Trinajstić information content (AvgIpc) is 3.52. The molecule has 0 aromatic heterocycles. The van der Waals surface area contributed by atoms with Crippen molar-refractivity contribution in [1.29, 1.82) is 0 Å². The standard InChI is InChI=1S/C38H42N6O2/c1-3-10-28(23-29-13-9-16-32(41-29)26-11-5-4-6-12-26)33-34-35(39)40-21-22-43(34)36(42(33)2)27-19-17-25(18-20-27)24-44-37(45)30-14-7-8-15-31(30)38(44)46/h4-12,14-16,21-23,25,27,36-37,45H,3,13,17-20,24H2,1-2H3,(H2,39,40)/b28-10+,29-23+. The van der Waals surface area contributed by atoms with E-state index in [1.807, 2.05) is 42.5 Å². The number of aliphatic hydroxyl groups is 1. The minimum Gasteiger partial charge on any atom is -0.382 e. The van der Waals surface area contributed by atoms with Crippen LogP contribution in [0, 0.1) is 11.8 Å². The van der Waals surface area contributed by atoms with Gasteiger partial charge in [0.25, 0.3) is 5.91 Å². The molecule has 2 aromatic rings. The fraction of sp³-hybridized carbons (Fsp3) is 0.342. The van der Waals surface area contributed by atoms with E-state index in [0.717, 1.165) is 72.5 Å². The summed E-state index contributed by atoms with van der Waals surface area (Å²) in [5.41, 5.74) is 14.2. The van der Waals surface area contributed by atoms with Crippen molar-refractivity contribution >= 4 is 17.5 Å². The maximum absolute atomic E-state index is 13.1. The van der Waals surface area contributed by atoms with E-state index >= 15 is 0 Å². The molecule has 8 nitrogen and oxygen atoms in total. The lowest BCUT2D eigenvalue weighted by atomic mass is 9.79. The van der Waals surface area contributed by atoms with Crippen molar-refractivity contribution < 1.29 is 9.90 Å². The van der Waals surface area contributed by atoms with Gasteiger partial charge < -0.3 is 25.5 Å². The molecule has 1 aliphatic carbocycles. The first-order valence-electron chi connectivity index (χ1n) is 16.5. The van der Waals surface area contributed by atoms with Crippen LogP contribution in [-0.2, 0) is 0 Å². The molecule has 2 aromatic carbocycles. The van der Waals surface area contributed by atoms with Crippen molar-refractivity contribution in [1.82, 2.24) is 14.7 Å². The summed E-state index contributed by atoms with van der Waals surface area (Å²) < 4.78 is 0. The highest BCUT2D eigenvalue weighted by Crippen LogP contribution is 2.44. The van der Waals surface area contributed by atoms with Gasteiger partial charge in [-0.15, -0.1) is 0 Å². The third-order valence-electron chi connectivity index (χ3n) is 9.95. The number of hydrogen-bond acceptors (Lipinski definition) is 7. The number of carbonyl (C=O) groups excluding carboxylic acids is 1. The average molecular weight is 615 g/mol. The van der Waals surface area contributed by atoms with Gasteiger partial charge in [-0.25, -0.2) is 4.99 Å². The maximum atomic E-state index is 13.1. The van der Waals surface area contributed by atoms with E-state index in [-0.39, 0.29) is 12.1 Å². The smallest absolute Gasteiger partial charge is 0.256 e. The number of benzene rings is 2. The number of rotatable bonds is 7. The Kier molecular flexibility index (Phi) is 8.21. The second kappa shape index (κ2) is 12.6. The van der Waals surface area contributed by atoms with Crippen LogP contribution in [0.2, 0.25) is 0 Å². The fourth-order valence-corrected chi connectivity index (χ4v) is 7.78. The van der Waals surface area contributed by atoms with Gasteiger partial charge in [-0.2, -0.15) is 0 Å². The first kappa shape index (κ1) is 30.0. The Morgan fingerprint density at radius 3 is 2.59 bits per heavy atom. The second-order valence-electron chi connectivity index (χ2n) is 12.8. The Labute approximate surface area is 271 Å². The number of likely N-dealkylation sites (N-methyl/N-ethyl adjacent to an activating group) is 1. The second-order valence-corrected chi connectivity index (χ2v) is 12.8. The molecule has 236 valence electrons. The number of amidine groups is 1. The first-order chi connectivity index (χ1) is 22.4. The van der Waals surface area contributed by atoms with E-state index in [0.29, 0.717) is 35.3 Å². The van der Waals surface area contributed by atoms with Crippen LogP contribution >= 0.6 is 0 Å². The number of aliphatic imine (C=N–C) groups is 2. The quantitative estimate of drug-likeness (QED) is 0.385. The Bertz CT molecular complexity index is 1720. The van der Waals surface area contributed by atoms with Gasteiger partial charge in [0.1, 0.15) is 17.7 Å². The minimum absolute atomic E-state index is 0.0644. The van der Waals surface area contributed by atoms with Crippen molar-refractivity contribution in [2.24, 2.45) is 27.6 Å². The zero-order valence-corrected chi connectivity index (χ0v) is 26.6. The zero-order chi connectivity index (χ0) is 31.8. The summed E-state index contributed by atoms with van der Waals surface area (Å²) in [6.45, 7) is 2.74. The molecule has 46 heavy (non-hydrogen) atoms. The molecule has 0 bridgehead atoms. The van der Waals surface area contributed by atoms with Crippen LogP contribution in [0.1, 0.15) is 73.2 Å². The molecule has 8 heteroatoms. The maximum Gasteiger partial charge on any atom is 0.256 e. The molecule has 2 unspecified atom stereocenters. The normalized spacial score (nSPS) is 26.9. The molecule has 2 atom stereocenters. The molecule has 1 amide bonds. The summed E-state index contributed by atoms with van der Waals surface area (Å²) in [5.74, 6) is 1.21. The van der Waals surface area contributed by atoms with Crippen LogP contribution in [0.15, 0.2) is 124 Å². The van der Waals surface area contributed by atoms with Gasteiger partial charge in [0.2, 0.25) is 0 Å². The van der Waals surface area contributed by atoms with Gasteiger partial charge in [-0.3, -0.25) is 9.79 Å². The molecule has 5 aliphatic rings. The largest absolute Gasteiger partial charge is 0.382 e. The summed E-state index contributed by atoms with van der Waals surface area (Å²) in [5, 5.41) is 10.9. The molecule has 3 N–H and O–H groups in total. The van der Waals surface area contributed by atoms with Crippen molar-refractivity contribution in [3.05, 3.63) is 131 Å². The summed E-state index contributed by atoms with van der Waals surface area (Å²) in [6.07, 6.45) is 17.6. The van der Waals surface area contributed by atoms with Gasteiger partial charge in [-0.05, 0) is 67.7 Å². The van der Waals surface area contributed by atoms with Crippen LogP contribution in [0.25, 0.3) is 0 Å². The van der Waals surface area contributed by atoms with Crippen LogP contribution in [0.3, 0.4) is 0 Å². The van der Waals surface area contributed by atoms with Gasteiger partial charge in [0, 0.05) is 54.8 Å². The molecule has 1 fully saturated rings. The number of nitrogens with two attached hydrogens (primary N) is 1. The summed E-state index contributed by atoms with van der Waals surface area (Å²) in [4.78, 5) is 29.0. The third kappa shape index (κ3) is 5.41. The number of fused-ring (bicyclic) bond motifs is 2. The predicted molar refractivity (Wildman–Crippen MR) is 182 cm³/mol. The van der Waals surface area contributed by atoms with Gasteiger partial charge in [0.15, 0.2) is 6.23 Å². The summed E-state index contributed by atoms with van der Waals surface area (Å²) in [6, 6.07) is 17.7. The van der Waals surface area contributed by atoms with E-state index in [9.17, 15) is 9.90 Å². The van der Waals surface area contributed by atoms with E-state index in [1.165, 1.54) is 0 Å². The van der Waals surface area contributed by atoms with E-state index in [2.05, 4.69) is 71.4 Å². The third-order valence-corrected chi connectivity index (χ3v) is 9.95. The molecule has 0 spiro atoms. The van der Waals surface area contributed by atoms with Crippen LogP contribution < -0.4 is 5.73 Å². The Morgan fingerprint density at radius 1 is 1.07 bits per heavy atom. The lowest BCUT2D eigenvalue weighted by Crippen LogP contribution is -2.45. The Hall–Kier alpha value is -4.69. The molecule has 0 saturated heterocycles. The topological polar surface area (TPSA) is 97.8 Å². The monoisotopic (exact) mass is 614 g/mol. The molecular weight excluding hydrogens is 572 g/mol. The van der Waals surface area contributed by atoms with Gasteiger partial charge >= 0.3 is 0 Å². The first-order valence-corrected chi connectivity index (χ1v) is 16.5. The Morgan fingerprint density at radius 2 is 1.83 bits per heavy atom. The van der Waals surface area contributed by atoms with Crippen LogP contribution in [0.5, 0.6) is 0 Å². The van der Waals surface area contributed by atoms with Crippen molar-refractivity contribution in [3.8, 4) is 0 Å². The lowest BCUT2D eigenvalue weighted by Gasteiger charge is -2.41. The number of hydrogen-bond donors (Lipinski definition) is 2. The van der Waals surface area contributed by atoms with E-state index in [4.69, 9.17) is 10.7 Å². The minimum atomic E-state index is -0.858. The summed E-state index contributed by atoms with van der Waals surface area (Å²) >= 11 is 0. The lowest BCUT2D eigenvalue weighted by molar-refractivity contribution is 0.00402. The van der Waals surface area contributed by atoms with Crippen molar-refractivity contribution in [2.45, 2.75) is 57.8 Å². The number of aliphatic hydroxyl groups excluding tert-OH is 1. The van der Waals surface area contributed by atoms with Gasteiger partial charge in [0.05, 0.1) is 11.4 Å². The number of nitrogens with zero attached hydrogens (tertiary/aromatic N) is 5. The number of dihydropyridines is 1. The fourth-order valence-electron chi connectivity index (χ4n) is 7.78. The van der Waals surface area contributed by atoms with Gasteiger partial charge in [-0.1, -0.05) is 67.6 Å². The van der Waals surface area contributed by atoms with E-state index in [1.54, 1.807) is 11.1 Å². The molecule has 1 saturated carbocycles. The molecule has 7 rings (SSSR count). The number of allylic oxidation sites excluding steroid dienone is 4.